The van der Waals surface area contributed by atoms with Gasteiger partial charge in [0.25, 0.3) is 0 Å². The number of aromatic nitrogens is 1. The minimum atomic E-state index is -3.64. The van der Waals surface area contributed by atoms with Crippen LogP contribution in [0.2, 0.25) is 0 Å². The molecule has 8 nitrogen and oxygen atoms in total. The lowest BCUT2D eigenvalue weighted by Crippen LogP contribution is -2.48. The van der Waals surface area contributed by atoms with E-state index in [1.165, 1.54) is 7.11 Å². The molecule has 0 N–H and O–H groups in total. The van der Waals surface area contributed by atoms with Crippen LogP contribution in [0.5, 0.6) is 5.88 Å². The molecule has 1 aromatic rings. The first-order valence-corrected chi connectivity index (χ1v) is 11.3. The van der Waals surface area contributed by atoms with E-state index in [1.54, 1.807) is 16.6 Å². The Hall–Kier alpha value is -1.26. The van der Waals surface area contributed by atoms with Gasteiger partial charge in [-0.2, -0.15) is 4.31 Å². The third-order valence-corrected chi connectivity index (χ3v) is 8.04. The van der Waals surface area contributed by atoms with Crippen LogP contribution in [0.3, 0.4) is 0 Å². The second-order valence-electron chi connectivity index (χ2n) is 7.92. The molecule has 4 rings (SSSR count). The van der Waals surface area contributed by atoms with Crippen molar-refractivity contribution in [3.8, 4) is 5.88 Å². The number of nitrogens with zero attached hydrogens (tertiary/aromatic N) is 3. The van der Waals surface area contributed by atoms with Gasteiger partial charge in [0, 0.05) is 38.4 Å². The summed E-state index contributed by atoms with van der Waals surface area (Å²) < 4.78 is 44.8. The van der Waals surface area contributed by atoms with E-state index in [9.17, 15) is 8.42 Å². The van der Waals surface area contributed by atoms with E-state index in [0.29, 0.717) is 32.0 Å². The lowest BCUT2D eigenvalue weighted by molar-refractivity contribution is -0.0328. The maximum atomic E-state index is 13.2. The first kappa shape index (κ1) is 20.0. The fourth-order valence-electron chi connectivity index (χ4n) is 4.49. The lowest BCUT2D eigenvalue weighted by atomic mass is 9.88. The molecular weight excluding hydrogens is 382 g/mol. The minimum absolute atomic E-state index is 0.143. The molecule has 156 valence electrons. The summed E-state index contributed by atoms with van der Waals surface area (Å²) in [6.45, 7) is 6.92. The third kappa shape index (κ3) is 3.78. The molecule has 0 amide bonds. The van der Waals surface area contributed by atoms with Crippen molar-refractivity contribution in [1.29, 1.82) is 0 Å². The van der Waals surface area contributed by atoms with Crippen molar-refractivity contribution >= 4 is 10.0 Å². The van der Waals surface area contributed by atoms with E-state index >= 15 is 0 Å². The van der Waals surface area contributed by atoms with Gasteiger partial charge in [-0.25, -0.2) is 13.4 Å². The molecule has 3 fully saturated rings. The Kier molecular flexibility index (Phi) is 5.63. The standard InChI is InChI=1S/C19H29N3O5S/c1-15-11-17(18(25-2)20-13-15)28(23,24)22-5-3-19(4-6-22)12-16(14-27-19)21-7-9-26-10-8-21/h11,13,16H,3-10,12,14H2,1-2H3. The average molecular weight is 412 g/mol. The van der Waals surface area contributed by atoms with Gasteiger partial charge in [-0.3, -0.25) is 4.90 Å². The predicted octanol–water partition coefficient (Wildman–Crippen LogP) is 1.04. The van der Waals surface area contributed by atoms with Crippen molar-refractivity contribution in [2.24, 2.45) is 0 Å². The molecule has 9 heteroatoms. The van der Waals surface area contributed by atoms with Crippen molar-refractivity contribution in [3.63, 3.8) is 0 Å². The fourth-order valence-corrected chi connectivity index (χ4v) is 6.12. The van der Waals surface area contributed by atoms with E-state index < -0.39 is 10.0 Å². The first-order valence-electron chi connectivity index (χ1n) is 9.90. The van der Waals surface area contributed by atoms with Gasteiger partial charge in [0.15, 0.2) is 0 Å². The predicted molar refractivity (Wildman–Crippen MR) is 103 cm³/mol. The van der Waals surface area contributed by atoms with Crippen LogP contribution in [0.25, 0.3) is 0 Å². The first-order chi connectivity index (χ1) is 13.4. The maximum absolute atomic E-state index is 13.2. The number of methoxy groups -OCH3 is 1. The van der Waals surface area contributed by atoms with Crippen LogP contribution < -0.4 is 4.74 Å². The fraction of sp³-hybridized carbons (Fsp3) is 0.737. The summed E-state index contributed by atoms with van der Waals surface area (Å²) in [5, 5.41) is 0. The quantitative estimate of drug-likeness (QED) is 0.732. The number of ether oxygens (including phenoxy) is 3. The normalized spacial score (nSPS) is 26.6. The number of morpholine rings is 1. The van der Waals surface area contributed by atoms with Crippen LogP contribution >= 0.6 is 0 Å². The summed E-state index contributed by atoms with van der Waals surface area (Å²) in [7, 11) is -2.20. The summed E-state index contributed by atoms with van der Waals surface area (Å²) in [5.41, 5.74) is 0.588. The number of aryl methyl sites for hydroxylation is 1. The van der Waals surface area contributed by atoms with E-state index in [0.717, 1.165) is 44.9 Å². The highest BCUT2D eigenvalue weighted by Crippen LogP contribution is 2.39. The second-order valence-corrected chi connectivity index (χ2v) is 9.83. The maximum Gasteiger partial charge on any atom is 0.248 e. The Labute approximate surface area is 166 Å². The highest BCUT2D eigenvalue weighted by molar-refractivity contribution is 7.89. The van der Waals surface area contributed by atoms with Crippen LogP contribution in [-0.4, -0.2) is 87.4 Å². The molecule has 0 radical (unpaired) electrons. The molecular formula is C19H29N3O5S. The van der Waals surface area contributed by atoms with Gasteiger partial charge < -0.3 is 14.2 Å². The van der Waals surface area contributed by atoms with Crippen LogP contribution in [0.15, 0.2) is 17.2 Å². The Morgan fingerprint density at radius 1 is 1.21 bits per heavy atom. The van der Waals surface area contributed by atoms with E-state index in [1.807, 2.05) is 6.92 Å². The molecule has 3 aliphatic heterocycles. The molecule has 0 bridgehead atoms. The molecule has 4 heterocycles. The second kappa shape index (κ2) is 7.87. The Morgan fingerprint density at radius 2 is 1.93 bits per heavy atom. The molecule has 0 aromatic carbocycles. The van der Waals surface area contributed by atoms with Gasteiger partial charge >= 0.3 is 0 Å². The molecule has 1 spiro atoms. The molecule has 1 atom stereocenters. The van der Waals surface area contributed by atoms with Crippen molar-refractivity contribution in [2.45, 2.75) is 42.7 Å². The summed E-state index contributed by atoms with van der Waals surface area (Å²) in [4.78, 5) is 6.71. The number of sulfonamides is 1. The molecule has 1 unspecified atom stereocenters. The molecule has 3 aliphatic rings. The van der Waals surface area contributed by atoms with Crippen molar-refractivity contribution in [1.82, 2.24) is 14.2 Å². The lowest BCUT2D eigenvalue weighted by Gasteiger charge is -2.38. The van der Waals surface area contributed by atoms with Gasteiger partial charge in [0.2, 0.25) is 15.9 Å². The summed E-state index contributed by atoms with van der Waals surface area (Å²) in [6.07, 6.45) is 4.01. The molecule has 3 saturated heterocycles. The van der Waals surface area contributed by atoms with Crippen molar-refractivity contribution in [2.75, 3.05) is 53.1 Å². The van der Waals surface area contributed by atoms with Crippen LogP contribution in [-0.2, 0) is 19.5 Å². The van der Waals surface area contributed by atoms with Crippen LogP contribution in [0.1, 0.15) is 24.8 Å². The topological polar surface area (TPSA) is 81.2 Å². The van der Waals surface area contributed by atoms with Crippen LogP contribution in [0, 0.1) is 6.92 Å². The number of hydrogen-bond donors (Lipinski definition) is 0. The van der Waals surface area contributed by atoms with Crippen LogP contribution in [0.4, 0.5) is 0 Å². The highest BCUT2D eigenvalue weighted by Gasteiger charge is 2.46. The highest BCUT2D eigenvalue weighted by atomic mass is 32.2. The zero-order valence-electron chi connectivity index (χ0n) is 16.6. The minimum Gasteiger partial charge on any atom is -0.480 e. The molecule has 28 heavy (non-hydrogen) atoms. The molecule has 0 aliphatic carbocycles. The Balaban J connectivity index is 1.43. The monoisotopic (exact) mass is 411 g/mol. The van der Waals surface area contributed by atoms with Crippen molar-refractivity contribution < 1.29 is 22.6 Å². The third-order valence-electron chi connectivity index (χ3n) is 6.15. The van der Waals surface area contributed by atoms with E-state index in [-0.39, 0.29) is 16.4 Å². The largest absolute Gasteiger partial charge is 0.480 e. The van der Waals surface area contributed by atoms with Gasteiger partial charge in [0.1, 0.15) is 4.90 Å². The van der Waals surface area contributed by atoms with Gasteiger partial charge in [-0.15, -0.1) is 0 Å². The Bertz CT molecular complexity index is 802. The zero-order chi connectivity index (χ0) is 19.8. The summed E-state index contributed by atoms with van der Waals surface area (Å²) >= 11 is 0. The summed E-state index contributed by atoms with van der Waals surface area (Å²) in [6, 6.07) is 2.04. The SMILES string of the molecule is COc1ncc(C)cc1S(=O)(=O)N1CCC2(CC1)CC(N1CCOCC1)CO2. The van der Waals surface area contributed by atoms with E-state index in [2.05, 4.69) is 9.88 Å². The number of rotatable bonds is 4. The zero-order valence-corrected chi connectivity index (χ0v) is 17.4. The number of hydrogen-bond acceptors (Lipinski definition) is 7. The molecule has 1 aromatic heterocycles. The Morgan fingerprint density at radius 3 is 2.61 bits per heavy atom. The van der Waals surface area contributed by atoms with E-state index in [4.69, 9.17) is 14.2 Å². The van der Waals surface area contributed by atoms with Gasteiger partial charge in [0.05, 0.1) is 32.5 Å². The van der Waals surface area contributed by atoms with Gasteiger partial charge in [-0.05, 0) is 37.8 Å². The summed E-state index contributed by atoms with van der Waals surface area (Å²) in [5.74, 6) is 0.149. The average Bonchev–Trinajstić information content (AvgIpc) is 3.12. The smallest absolute Gasteiger partial charge is 0.248 e. The van der Waals surface area contributed by atoms with Crippen molar-refractivity contribution in [3.05, 3.63) is 17.8 Å². The van der Waals surface area contributed by atoms with Gasteiger partial charge in [-0.1, -0.05) is 0 Å². The number of piperidine rings is 1. The number of pyridine rings is 1. The molecule has 0 saturated carbocycles.